The zero-order valence-corrected chi connectivity index (χ0v) is 12.4. The lowest BCUT2D eigenvalue weighted by molar-refractivity contribution is 0.300. The molecule has 0 radical (unpaired) electrons. The van der Waals surface area contributed by atoms with Crippen molar-refractivity contribution in [3.63, 3.8) is 0 Å². The van der Waals surface area contributed by atoms with E-state index in [1.165, 1.54) is 0 Å². The maximum absolute atomic E-state index is 5.71. The van der Waals surface area contributed by atoms with Crippen molar-refractivity contribution < 1.29 is 14.2 Å². The summed E-state index contributed by atoms with van der Waals surface area (Å²) < 4.78 is 16.1. The van der Waals surface area contributed by atoms with Gasteiger partial charge in [0.05, 0.1) is 20.8 Å². The minimum atomic E-state index is 0.545. The van der Waals surface area contributed by atoms with Crippen LogP contribution < -0.4 is 19.5 Å². The Labute approximate surface area is 116 Å². The topological polar surface area (TPSA) is 39.7 Å². The van der Waals surface area contributed by atoms with E-state index in [4.69, 9.17) is 14.2 Å². The van der Waals surface area contributed by atoms with Gasteiger partial charge in [-0.1, -0.05) is 13.8 Å². The van der Waals surface area contributed by atoms with E-state index in [9.17, 15) is 0 Å². The van der Waals surface area contributed by atoms with Crippen molar-refractivity contribution >= 4 is 0 Å². The summed E-state index contributed by atoms with van der Waals surface area (Å²) in [7, 11) is 3.27. The molecule has 4 nitrogen and oxygen atoms in total. The molecule has 0 fully saturated rings. The molecule has 1 aromatic carbocycles. The zero-order chi connectivity index (χ0) is 14.1. The Hall–Kier alpha value is -1.42. The van der Waals surface area contributed by atoms with Gasteiger partial charge in [0.15, 0.2) is 0 Å². The molecule has 0 aromatic heterocycles. The first kappa shape index (κ1) is 15.6. The van der Waals surface area contributed by atoms with Crippen LogP contribution >= 0.6 is 0 Å². The molecule has 19 heavy (non-hydrogen) atoms. The maximum atomic E-state index is 5.71. The molecule has 0 aliphatic carbocycles. The third-order valence-electron chi connectivity index (χ3n) is 2.72. The summed E-state index contributed by atoms with van der Waals surface area (Å²) in [5, 5.41) is 3.39. The molecule has 1 aromatic rings. The van der Waals surface area contributed by atoms with Gasteiger partial charge in [-0.3, -0.25) is 0 Å². The van der Waals surface area contributed by atoms with E-state index in [1.807, 2.05) is 18.2 Å². The Morgan fingerprint density at radius 2 is 1.53 bits per heavy atom. The lowest BCUT2D eigenvalue weighted by Crippen LogP contribution is -2.23. The van der Waals surface area contributed by atoms with Gasteiger partial charge in [-0.05, 0) is 19.4 Å². The monoisotopic (exact) mass is 267 g/mol. The van der Waals surface area contributed by atoms with Gasteiger partial charge in [0.2, 0.25) is 0 Å². The Morgan fingerprint density at radius 3 is 2.05 bits per heavy atom. The summed E-state index contributed by atoms with van der Waals surface area (Å²) >= 11 is 0. The Balaban J connectivity index is 2.32. The van der Waals surface area contributed by atoms with E-state index in [1.54, 1.807) is 14.2 Å². The molecule has 0 heterocycles. The Kier molecular flexibility index (Phi) is 7.11. The first-order valence-electron chi connectivity index (χ1n) is 6.75. The average molecular weight is 267 g/mol. The number of hydrogen-bond acceptors (Lipinski definition) is 4. The molecule has 0 spiro atoms. The van der Waals surface area contributed by atoms with Crippen molar-refractivity contribution in [3.05, 3.63) is 18.2 Å². The second-order valence-corrected chi connectivity index (χ2v) is 4.71. The molecule has 0 atom stereocenters. The first-order valence-corrected chi connectivity index (χ1v) is 6.75. The fourth-order valence-electron chi connectivity index (χ4n) is 1.67. The van der Waals surface area contributed by atoms with Crippen LogP contribution in [0.5, 0.6) is 17.2 Å². The molecule has 0 saturated carbocycles. The predicted octanol–water partition coefficient (Wildman–Crippen LogP) is 2.86. The molecule has 108 valence electrons. The summed E-state index contributed by atoms with van der Waals surface area (Å²) in [4.78, 5) is 0. The second-order valence-electron chi connectivity index (χ2n) is 4.71. The molecule has 1 N–H and O–H groups in total. The molecule has 4 heteroatoms. The predicted molar refractivity (Wildman–Crippen MR) is 77.4 cm³/mol. The van der Waals surface area contributed by atoms with E-state index in [0.29, 0.717) is 12.6 Å². The van der Waals surface area contributed by atoms with Gasteiger partial charge in [-0.15, -0.1) is 0 Å². The highest BCUT2D eigenvalue weighted by Gasteiger charge is 2.02. The van der Waals surface area contributed by atoms with Gasteiger partial charge in [0.1, 0.15) is 17.2 Å². The minimum Gasteiger partial charge on any atom is -0.496 e. The van der Waals surface area contributed by atoms with Crippen molar-refractivity contribution in [3.8, 4) is 17.2 Å². The highest BCUT2D eigenvalue weighted by atomic mass is 16.5. The number of unbranched alkanes of at least 4 members (excludes halogenated alkanes) is 1. The average Bonchev–Trinajstić information content (AvgIpc) is 2.41. The van der Waals surface area contributed by atoms with Gasteiger partial charge < -0.3 is 19.5 Å². The highest BCUT2D eigenvalue weighted by Crippen LogP contribution is 2.27. The van der Waals surface area contributed by atoms with Crippen molar-refractivity contribution in [2.75, 3.05) is 27.4 Å². The Bertz CT molecular complexity index is 344. The van der Waals surface area contributed by atoms with Gasteiger partial charge in [-0.25, -0.2) is 0 Å². The summed E-state index contributed by atoms with van der Waals surface area (Å²) in [5.41, 5.74) is 0. The number of nitrogens with one attached hydrogen (secondary N) is 1. The lowest BCUT2D eigenvalue weighted by Gasteiger charge is -2.11. The normalized spacial score (nSPS) is 10.6. The largest absolute Gasteiger partial charge is 0.496 e. The number of methoxy groups -OCH3 is 2. The van der Waals surface area contributed by atoms with Crippen LogP contribution in [-0.4, -0.2) is 33.4 Å². The summed E-state index contributed by atoms with van der Waals surface area (Å²) in [6.07, 6.45) is 2.14. The molecule has 0 aliphatic rings. The van der Waals surface area contributed by atoms with Gasteiger partial charge in [0.25, 0.3) is 0 Å². The van der Waals surface area contributed by atoms with Gasteiger partial charge in [0, 0.05) is 24.2 Å². The van der Waals surface area contributed by atoms with Crippen LogP contribution in [0.3, 0.4) is 0 Å². The molecular weight excluding hydrogens is 242 g/mol. The summed E-state index contributed by atoms with van der Waals surface area (Å²) in [6, 6.07) is 6.12. The van der Waals surface area contributed by atoms with Crippen LogP contribution in [0.1, 0.15) is 26.7 Å². The van der Waals surface area contributed by atoms with E-state index < -0.39 is 0 Å². The first-order chi connectivity index (χ1) is 9.15. The molecule has 1 rings (SSSR count). The van der Waals surface area contributed by atoms with Crippen LogP contribution in [-0.2, 0) is 0 Å². The summed E-state index contributed by atoms with van der Waals surface area (Å²) in [6.45, 7) is 6.04. The molecule has 0 unspecified atom stereocenters. The van der Waals surface area contributed by atoms with Gasteiger partial charge in [-0.2, -0.15) is 0 Å². The standard InChI is InChI=1S/C15H25NO3/c1-12(2)16-7-5-6-8-19-15-10-13(17-3)9-14(11-15)18-4/h9-12,16H,5-8H2,1-4H3. The number of benzene rings is 1. The number of rotatable bonds is 9. The van der Waals surface area contributed by atoms with Crippen LogP contribution in [0.25, 0.3) is 0 Å². The third kappa shape index (κ3) is 6.34. The third-order valence-corrected chi connectivity index (χ3v) is 2.72. The molecular formula is C15H25NO3. The minimum absolute atomic E-state index is 0.545. The Morgan fingerprint density at radius 1 is 0.947 bits per heavy atom. The number of hydrogen-bond donors (Lipinski definition) is 1. The van der Waals surface area contributed by atoms with E-state index in [2.05, 4.69) is 19.2 Å². The van der Waals surface area contributed by atoms with Crippen molar-refractivity contribution in [1.29, 1.82) is 0 Å². The van der Waals surface area contributed by atoms with E-state index in [-0.39, 0.29) is 0 Å². The van der Waals surface area contributed by atoms with Crippen molar-refractivity contribution in [2.24, 2.45) is 0 Å². The van der Waals surface area contributed by atoms with Crippen molar-refractivity contribution in [2.45, 2.75) is 32.7 Å². The van der Waals surface area contributed by atoms with Gasteiger partial charge >= 0.3 is 0 Å². The lowest BCUT2D eigenvalue weighted by atomic mass is 10.3. The zero-order valence-electron chi connectivity index (χ0n) is 12.4. The quantitative estimate of drug-likeness (QED) is 0.698. The maximum Gasteiger partial charge on any atom is 0.126 e. The fraction of sp³-hybridized carbons (Fsp3) is 0.600. The van der Waals surface area contributed by atoms with E-state index >= 15 is 0 Å². The summed E-state index contributed by atoms with van der Waals surface area (Å²) in [5.74, 6) is 2.28. The fourth-order valence-corrected chi connectivity index (χ4v) is 1.67. The van der Waals surface area contributed by atoms with Crippen LogP contribution in [0.15, 0.2) is 18.2 Å². The van der Waals surface area contributed by atoms with Crippen molar-refractivity contribution in [1.82, 2.24) is 5.32 Å². The molecule has 0 bridgehead atoms. The number of ether oxygens (including phenoxy) is 3. The molecule has 0 saturated heterocycles. The van der Waals surface area contributed by atoms with E-state index in [0.717, 1.165) is 36.6 Å². The SMILES string of the molecule is COc1cc(OC)cc(OCCCCNC(C)C)c1. The van der Waals surface area contributed by atoms with Crippen LogP contribution in [0.4, 0.5) is 0 Å². The second kappa shape index (κ2) is 8.64. The molecule has 0 amide bonds. The highest BCUT2D eigenvalue weighted by molar-refractivity contribution is 5.41. The molecule has 0 aliphatic heterocycles. The smallest absolute Gasteiger partial charge is 0.126 e. The van der Waals surface area contributed by atoms with Crippen LogP contribution in [0, 0.1) is 0 Å². The van der Waals surface area contributed by atoms with Crippen LogP contribution in [0.2, 0.25) is 0 Å².